The third-order valence-electron chi connectivity index (χ3n) is 1.60. The van der Waals surface area contributed by atoms with E-state index in [0.717, 1.165) is 0 Å². The van der Waals surface area contributed by atoms with Gasteiger partial charge >= 0.3 is 86.4 Å². The van der Waals surface area contributed by atoms with E-state index in [4.69, 9.17) is 19.3 Å². The van der Waals surface area contributed by atoms with Crippen molar-refractivity contribution < 1.29 is 36.2 Å². The van der Waals surface area contributed by atoms with Gasteiger partial charge < -0.3 is 10.2 Å². The van der Waals surface area contributed by atoms with Crippen LogP contribution in [0.3, 0.4) is 0 Å². The molecule has 100 valence electrons. The second kappa shape index (κ2) is 8.87. The molecule has 0 aromatic heterocycles. The maximum atomic E-state index is 10.7. The van der Waals surface area contributed by atoms with Crippen molar-refractivity contribution in [2.75, 3.05) is 0 Å². The molecule has 0 aliphatic heterocycles. The topological polar surface area (TPSA) is 149 Å². The Balaban J connectivity index is -0.000000853. The van der Waals surface area contributed by atoms with Crippen LogP contribution in [-0.4, -0.2) is 123 Å². The summed E-state index contributed by atoms with van der Waals surface area (Å²) in [6.45, 7) is 0. The summed E-state index contributed by atoms with van der Waals surface area (Å²) in [6.07, 6.45) is 0. The van der Waals surface area contributed by atoms with Crippen LogP contribution in [0.4, 0.5) is 0 Å². The second-order valence-corrected chi connectivity index (χ2v) is 5.55. The molecule has 0 fully saturated rings. The zero-order valence-electron chi connectivity index (χ0n) is 8.10. The predicted molar refractivity (Wildman–Crippen MR) is 72.2 cm³/mol. The van der Waals surface area contributed by atoms with Crippen molar-refractivity contribution in [2.24, 2.45) is 0 Å². The van der Waals surface area contributed by atoms with E-state index in [-0.39, 0.29) is 86.4 Å². The van der Waals surface area contributed by atoms with E-state index >= 15 is 0 Å². The van der Waals surface area contributed by atoms with Crippen molar-refractivity contribution in [2.45, 2.75) is 9.79 Å². The number of hydrogen-bond donors (Lipinski definition) is 4. The molecule has 13 heteroatoms. The van der Waals surface area contributed by atoms with Crippen LogP contribution >= 0.6 is 0 Å². The van der Waals surface area contributed by atoms with Crippen molar-refractivity contribution in [1.29, 1.82) is 0 Å². The minimum absolute atomic E-state index is 0. The Morgan fingerprint density at radius 2 is 1.26 bits per heavy atom. The number of rotatable bonds is 2. The minimum atomic E-state index is -4.92. The van der Waals surface area contributed by atoms with E-state index in [1.807, 2.05) is 0 Å². The molecular formula is C6H10Na2O8PbS2. The van der Waals surface area contributed by atoms with Crippen LogP contribution < -0.4 is 0 Å². The first-order chi connectivity index (χ1) is 7.03. The average Bonchev–Trinajstić information content (AvgIpc) is 2.05. The van der Waals surface area contributed by atoms with Gasteiger partial charge in [0.2, 0.25) is 0 Å². The summed E-state index contributed by atoms with van der Waals surface area (Å²) in [7, 11) is -9.70. The van der Waals surface area contributed by atoms with Crippen LogP contribution in [-0.2, 0) is 20.2 Å². The Kier molecular flexibility index (Phi) is 11.9. The van der Waals surface area contributed by atoms with Gasteiger partial charge in [-0.25, -0.2) is 0 Å². The SMILES string of the molecule is O=S(=O)(O)c1cc(O)c(O)c(S(=O)(=O)O)c1.[NaH].[NaH].[PbH2]. The molecule has 0 amide bonds. The first-order valence-corrected chi connectivity index (χ1v) is 6.42. The summed E-state index contributed by atoms with van der Waals surface area (Å²) >= 11 is 0. The molecule has 0 spiro atoms. The second-order valence-electron chi connectivity index (χ2n) is 2.74. The summed E-state index contributed by atoms with van der Waals surface area (Å²) in [6, 6.07) is 0.735. The Hall–Kier alpha value is 1.56. The quantitative estimate of drug-likeness (QED) is 0.186. The van der Waals surface area contributed by atoms with Gasteiger partial charge in [0.1, 0.15) is 4.90 Å². The molecule has 0 saturated carbocycles. The first-order valence-electron chi connectivity index (χ1n) is 3.54. The van der Waals surface area contributed by atoms with Crippen LogP contribution in [0.2, 0.25) is 0 Å². The summed E-state index contributed by atoms with van der Waals surface area (Å²) < 4.78 is 59.9. The molecule has 0 aliphatic rings. The normalized spacial score (nSPS) is 10.6. The number of hydrogen-bond acceptors (Lipinski definition) is 6. The van der Waals surface area contributed by atoms with E-state index in [0.29, 0.717) is 12.1 Å². The zero-order valence-corrected chi connectivity index (χ0v) is 15.2. The Labute approximate surface area is 173 Å². The Morgan fingerprint density at radius 3 is 1.58 bits per heavy atom. The Bertz CT molecular complexity index is 641. The molecular weight excluding hydrogens is 517 g/mol. The van der Waals surface area contributed by atoms with Crippen molar-refractivity contribution >= 4 is 107 Å². The van der Waals surface area contributed by atoms with Crippen LogP contribution in [0.1, 0.15) is 0 Å². The van der Waals surface area contributed by atoms with Gasteiger partial charge in [-0.1, -0.05) is 0 Å². The van der Waals surface area contributed by atoms with Crippen LogP contribution in [0.5, 0.6) is 11.5 Å². The molecule has 2 radical (unpaired) electrons. The van der Waals surface area contributed by atoms with Crippen LogP contribution in [0.15, 0.2) is 21.9 Å². The fourth-order valence-electron chi connectivity index (χ4n) is 0.914. The summed E-state index contributed by atoms with van der Waals surface area (Å²) in [5.74, 6) is -2.32. The summed E-state index contributed by atoms with van der Waals surface area (Å²) in [4.78, 5) is -2.20. The van der Waals surface area contributed by atoms with Gasteiger partial charge in [-0.2, -0.15) is 16.8 Å². The molecule has 0 bridgehead atoms. The van der Waals surface area contributed by atoms with E-state index in [1.54, 1.807) is 0 Å². The zero-order chi connectivity index (χ0) is 12.7. The molecule has 0 unspecified atom stereocenters. The van der Waals surface area contributed by atoms with Crippen LogP contribution in [0.25, 0.3) is 0 Å². The van der Waals surface area contributed by atoms with Crippen molar-refractivity contribution in [3.05, 3.63) is 12.1 Å². The standard InChI is InChI=1S/C6H6O8S2.2Na.Pb.4H/c7-4-1-3(15(9,10)11)2-5(6(4)8)16(12,13)14;;;;;;;/h1-2,7-8H,(H,9,10,11)(H,12,13,14);;;;;;;. The maximum absolute atomic E-state index is 10.7. The number of benzene rings is 1. The van der Waals surface area contributed by atoms with Gasteiger partial charge in [0, 0.05) is 6.07 Å². The van der Waals surface area contributed by atoms with Gasteiger partial charge in [-0.15, -0.1) is 0 Å². The van der Waals surface area contributed by atoms with Crippen molar-refractivity contribution in [3.8, 4) is 11.5 Å². The van der Waals surface area contributed by atoms with E-state index in [9.17, 15) is 16.8 Å². The molecule has 0 saturated heterocycles. The van der Waals surface area contributed by atoms with Gasteiger partial charge in [-0.3, -0.25) is 9.11 Å². The summed E-state index contributed by atoms with van der Waals surface area (Å²) in [5, 5.41) is 18.1. The third-order valence-corrected chi connectivity index (χ3v) is 3.30. The molecule has 0 atom stereocenters. The molecule has 8 nitrogen and oxygen atoms in total. The molecule has 19 heavy (non-hydrogen) atoms. The molecule has 1 aromatic carbocycles. The molecule has 1 aromatic rings. The molecule has 4 N–H and O–H groups in total. The summed E-state index contributed by atoms with van der Waals surface area (Å²) in [5.41, 5.74) is 0. The number of aromatic hydroxyl groups is 2. The number of phenolic OH excluding ortho intramolecular Hbond substituents is 2. The monoisotopic (exact) mass is 528 g/mol. The van der Waals surface area contributed by atoms with Gasteiger partial charge in [-0.05, 0) is 6.07 Å². The van der Waals surface area contributed by atoms with Crippen molar-refractivity contribution in [1.82, 2.24) is 0 Å². The van der Waals surface area contributed by atoms with Gasteiger partial charge in [0.15, 0.2) is 11.5 Å². The molecule has 0 aliphatic carbocycles. The van der Waals surface area contributed by atoms with E-state index in [2.05, 4.69) is 0 Å². The third kappa shape index (κ3) is 6.90. The molecule has 1 rings (SSSR count). The fourth-order valence-corrected chi connectivity index (χ4v) is 2.14. The van der Waals surface area contributed by atoms with Crippen LogP contribution in [0, 0.1) is 0 Å². The van der Waals surface area contributed by atoms with Crippen molar-refractivity contribution in [3.63, 3.8) is 0 Å². The first kappa shape index (κ1) is 25.5. The van der Waals surface area contributed by atoms with E-state index < -0.39 is 41.5 Å². The predicted octanol–water partition coefficient (Wildman–Crippen LogP) is -2.62. The average molecular weight is 527 g/mol. The Morgan fingerprint density at radius 1 is 0.842 bits per heavy atom. The molecule has 0 heterocycles. The van der Waals surface area contributed by atoms with Gasteiger partial charge in [0.25, 0.3) is 20.2 Å². The fraction of sp³-hybridized carbons (Fsp3) is 0. The van der Waals surface area contributed by atoms with E-state index in [1.165, 1.54) is 0 Å². The number of phenols is 2. The van der Waals surface area contributed by atoms with Gasteiger partial charge in [0.05, 0.1) is 4.90 Å².